The molecule has 0 aliphatic carbocycles. The first kappa shape index (κ1) is 22.7. The molecule has 34 heavy (non-hydrogen) atoms. The van der Waals surface area contributed by atoms with Gasteiger partial charge in [-0.1, -0.05) is 17.7 Å². The van der Waals surface area contributed by atoms with E-state index in [1.54, 1.807) is 15.9 Å². The predicted octanol–water partition coefficient (Wildman–Crippen LogP) is 3.58. The third kappa shape index (κ3) is 4.35. The van der Waals surface area contributed by atoms with Crippen LogP contribution < -0.4 is 5.73 Å². The highest BCUT2D eigenvalue weighted by Gasteiger charge is 2.34. The number of fused-ring (bicyclic) bond motifs is 2. The van der Waals surface area contributed by atoms with E-state index in [2.05, 4.69) is 9.97 Å². The number of hydrogen-bond acceptors (Lipinski definition) is 8. The van der Waals surface area contributed by atoms with Crippen LogP contribution in [-0.4, -0.2) is 64.4 Å². The lowest BCUT2D eigenvalue weighted by atomic mass is 10.1. The van der Waals surface area contributed by atoms with Crippen molar-refractivity contribution in [3.05, 3.63) is 64.3 Å². The van der Waals surface area contributed by atoms with Gasteiger partial charge in [-0.25, -0.2) is 9.97 Å². The quantitative estimate of drug-likeness (QED) is 0.408. The average Bonchev–Trinajstić information content (AvgIpc) is 3.24. The number of rotatable bonds is 6. The summed E-state index contributed by atoms with van der Waals surface area (Å²) in [6, 6.07) is 13.1. The number of nitrogens with two attached hydrogens (primary N) is 1. The summed E-state index contributed by atoms with van der Waals surface area (Å²) in [5.74, 6) is 0.206. The molecule has 1 unspecified atom stereocenters. The fourth-order valence-electron chi connectivity index (χ4n) is 4.22. The van der Waals surface area contributed by atoms with Gasteiger partial charge in [-0.2, -0.15) is 0 Å². The molecule has 0 spiro atoms. The Morgan fingerprint density at radius 1 is 1.21 bits per heavy atom. The van der Waals surface area contributed by atoms with Gasteiger partial charge in [0.05, 0.1) is 16.9 Å². The molecule has 2 N–H and O–H groups in total. The van der Waals surface area contributed by atoms with Gasteiger partial charge in [0.2, 0.25) is 11.7 Å². The molecule has 2 aromatic heterocycles. The van der Waals surface area contributed by atoms with Crippen molar-refractivity contribution in [3.63, 3.8) is 0 Å². The van der Waals surface area contributed by atoms with Gasteiger partial charge < -0.3 is 15.4 Å². The Morgan fingerprint density at radius 3 is 2.85 bits per heavy atom. The summed E-state index contributed by atoms with van der Waals surface area (Å²) in [4.78, 5) is 38.6. The number of halogens is 1. The molecule has 1 amide bonds. The van der Waals surface area contributed by atoms with Gasteiger partial charge in [0.15, 0.2) is 6.23 Å². The first-order chi connectivity index (χ1) is 16.4. The van der Waals surface area contributed by atoms with Gasteiger partial charge in [0, 0.05) is 41.9 Å². The number of piperazine rings is 1. The molecular formula is C24H22ClN5O3S. The van der Waals surface area contributed by atoms with Crippen molar-refractivity contribution in [2.75, 3.05) is 32.5 Å². The number of benzene rings is 2. The molecule has 1 atom stereocenters. The minimum atomic E-state index is -0.824. The highest BCUT2D eigenvalue weighted by molar-refractivity contribution is 7.20. The number of thiophene rings is 1. The van der Waals surface area contributed by atoms with Crippen molar-refractivity contribution in [3.8, 4) is 0 Å². The number of Topliss-reactive ketones (excluding diaryl/α,β-unsaturated/α-hetero) is 1. The molecule has 3 heterocycles. The highest BCUT2D eigenvalue weighted by Crippen LogP contribution is 2.30. The molecule has 1 aliphatic heterocycles. The molecule has 2 aromatic carbocycles. The van der Waals surface area contributed by atoms with Gasteiger partial charge in [0.1, 0.15) is 12.1 Å². The fourth-order valence-corrected chi connectivity index (χ4v) is 5.39. The second kappa shape index (κ2) is 9.27. The minimum Gasteiger partial charge on any atom is -0.383 e. The van der Waals surface area contributed by atoms with Crippen LogP contribution >= 0.6 is 22.9 Å². The summed E-state index contributed by atoms with van der Waals surface area (Å²) in [6.45, 7) is 1.56. The average molecular weight is 496 g/mol. The van der Waals surface area contributed by atoms with Crippen molar-refractivity contribution in [2.24, 2.45) is 0 Å². The van der Waals surface area contributed by atoms with Crippen molar-refractivity contribution in [1.82, 2.24) is 19.8 Å². The Labute approximate surface area is 204 Å². The maximum absolute atomic E-state index is 13.2. The Kier molecular flexibility index (Phi) is 6.18. The maximum atomic E-state index is 13.2. The van der Waals surface area contributed by atoms with Crippen molar-refractivity contribution >= 4 is 61.4 Å². The van der Waals surface area contributed by atoms with Crippen LogP contribution in [0.3, 0.4) is 0 Å². The molecule has 1 fully saturated rings. The summed E-state index contributed by atoms with van der Waals surface area (Å²) < 4.78 is 6.52. The molecule has 4 aromatic rings. The zero-order chi connectivity index (χ0) is 23.8. The second-order valence-corrected chi connectivity index (χ2v) is 9.66. The van der Waals surface area contributed by atoms with E-state index >= 15 is 0 Å². The minimum absolute atomic E-state index is 0.0634. The predicted molar refractivity (Wildman–Crippen MR) is 133 cm³/mol. The highest BCUT2D eigenvalue weighted by atomic mass is 35.5. The lowest BCUT2D eigenvalue weighted by molar-refractivity contribution is -0.141. The summed E-state index contributed by atoms with van der Waals surface area (Å²) in [6.07, 6.45) is 0.605. The number of methoxy groups -OCH3 is 1. The van der Waals surface area contributed by atoms with E-state index in [4.69, 9.17) is 22.1 Å². The summed E-state index contributed by atoms with van der Waals surface area (Å²) in [7, 11) is 1.49. The molecule has 0 bridgehead atoms. The van der Waals surface area contributed by atoms with Crippen LogP contribution in [0, 0.1) is 0 Å². The number of carbonyl (C=O) groups is 2. The number of ether oxygens (including phenoxy) is 1. The molecule has 1 saturated heterocycles. The number of aromatic nitrogens is 2. The lowest BCUT2D eigenvalue weighted by Crippen LogP contribution is -2.55. The van der Waals surface area contributed by atoms with Crippen molar-refractivity contribution in [1.29, 1.82) is 0 Å². The standard InChI is InChI=1S/C24H22ClN5O3S/c1-33-24(22(32)20-10-15-9-16(25)3-5-19(15)34-20)30-7-6-29(21(31)12-30)11-14-2-4-17-18(8-14)27-13-28-23(17)26/h2-5,8-10,13,24H,6-7,11-12H2,1H3,(H2,26,27,28). The van der Waals surface area contributed by atoms with E-state index in [1.807, 2.05) is 36.4 Å². The number of carbonyl (C=O) groups excluding carboxylic acids is 2. The van der Waals surface area contributed by atoms with E-state index in [0.29, 0.717) is 35.4 Å². The SMILES string of the molecule is COC(C(=O)c1cc2cc(Cl)ccc2s1)N1CCN(Cc2ccc3c(N)ncnc3c2)C(=O)C1. The zero-order valence-corrected chi connectivity index (χ0v) is 20.0. The molecule has 10 heteroatoms. The Hall–Kier alpha value is -3.11. The van der Waals surface area contributed by atoms with Crippen LogP contribution in [0.25, 0.3) is 21.0 Å². The number of nitrogen functional groups attached to an aromatic ring is 1. The fraction of sp³-hybridized carbons (Fsp3) is 0.250. The third-order valence-corrected chi connectivity index (χ3v) is 7.32. The smallest absolute Gasteiger partial charge is 0.237 e. The topological polar surface area (TPSA) is 102 Å². The normalized spacial score (nSPS) is 15.8. The van der Waals surface area contributed by atoms with Crippen molar-refractivity contribution < 1.29 is 14.3 Å². The number of amides is 1. The monoisotopic (exact) mass is 495 g/mol. The van der Waals surface area contributed by atoms with Gasteiger partial charge in [0.25, 0.3) is 0 Å². The van der Waals surface area contributed by atoms with Crippen LogP contribution in [0.5, 0.6) is 0 Å². The van der Waals surface area contributed by atoms with E-state index in [-0.39, 0.29) is 18.2 Å². The molecule has 5 rings (SSSR count). The number of hydrogen-bond donors (Lipinski definition) is 1. The van der Waals surface area contributed by atoms with Crippen LogP contribution in [0.4, 0.5) is 5.82 Å². The maximum Gasteiger partial charge on any atom is 0.237 e. The summed E-state index contributed by atoms with van der Waals surface area (Å²) in [5.41, 5.74) is 7.59. The van der Waals surface area contributed by atoms with E-state index in [9.17, 15) is 9.59 Å². The molecule has 0 saturated carbocycles. The summed E-state index contributed by atoms with van der Waals surface area (Å²) in [5, 5.41) is 2.32. The molecule has 0 radical (unpaired) electrons. The Balaban J connectivity index is 1.28. The lowest BCUT2D eigenvalue weighted by Gasteiger charge is -2.37. The summed E-state index contributed by atoms with van der Waals surface area (Å²) >= 11 is 7.47. The molecular weight excluding hydrogens is 474 g/mol. The second-order valence-electron chi connectivity index (χ2n) is 8.14. The van der Waals surface area contributed by atoms with Crippen LogP contribution in [0.15, 0.2) is 48.8 Å². The Morgan fingerprint density at radius 2 is 2.06 bits per heavy atom. The van der Waals surface area contributed by atoms with Crippen LogP contribution in [-0.2, 0) is 16.1 Å². The van der Waals surface area contributed by atoms with Crippen LogP contribution in [0.2, 0.25) is 5.02 Å². The van der Waals surface area contributed by atoms with Crippen molar-refractivity contribution in [2.45, 2.75) is 12.8 Å². The van der Waals surface area contributed by atoms with Gasteiger partial charge in [-0.15, -0.1) is 11.3 Å². The first-order valence-corrected chi connectivity index (χ1v) is 11.9. The number of ketones is 1. The number of nitrogens with zero attached hydrogens (tertiary/aromatic N) is 4. The zero-order valence-electron chi connectivity index (χ0n) is 18.4. The number of anilines is 1. The molecule has 8 nitrogen and oxygen atoms in total. The van der Waals surface area contributed by atoms with Crippen LogP contribution in [0.1, 0.15) is 15.2 Å². The largest absolute Gasteiger partial charge is 0.383 e. The van der Waals surface area contributed by atoms with E-state index in [0.717, 1.165) is 26.6 Å². The van der Waals surface area contributed by atoms with Gasteiger partial charge in [-0.3, -0.25) is 14.5 Å². The first-order valence-electron chi connectivity index (χ1n) is 10.7. The van der Waals surface area contributed by atoms with E-state index in [1.165, 1.54) is 24.8 Å². The van der Waals surface area contributed by atoms with Gasteiger partial charge >= 0.3 is 0 Å². The Bertz CT molecular complexity index is 1410. The van der Waals surface area contributed by atoms with E-state index < -0.39 is 6.23 Å². The third-order valence-electron chi connectivity index (χ3n) is 5.95. The molecule has 174 valence electrons. The molecule has 1 aliphatic rings. The van der Waals surface area contributed by atoms with Gasteiger partial charge in [-0.05, 0) is 47.3 Å².